The fourth-order valence-corrected chi connectivity index (χ4v) is 13.7. The number of fused-ring (bicyclic) bond motifs is 1. The van der Waals surface area contributed by atoms with Crippen molar-refractivity contribution < 1.29 is 13.9 Å². The third-order valence-electron chi connectivity index (χ3n) is 8.04. The Balaban J connectivity index is 1.69. The number of rotatable bonds is 7. The van der Waals surface area contributed by atoms with E-state index in [-0.39, 0.29) is 0 Å². The molecule has 0 fully saturated rings. The standard InChI is InChI=1S/C40H30O3P2/c41-44(33-21-8-2-9-22-33,34-23-10-3-11-24-34)40(45(42,35-25-12-4-13-26-35)36-27-14-5-15-28-36)39-37-29-17-16-20-32(37)30-38(43-39)31-18-6-1-7-19-31/h1-30H. The number of benzene rings is 6. The summed E-state index contributed by atoms with van der Waals surface area (Å²) in [4.78, 5) is 0. The van der Waals surface area contributed by atoms with Gasteiger partial charge in [-0.1, -0.05) is 176 Å². The molecule has 0 aromatic heterocycles. The van der Waals surface area contributed by atoms with Gasteiger partial charge in [0.05, 0.1) is 0 Å². The summed E-state index contributed by atoms with van der Waals surface area (Å²) >= 11 is 0. The molecule has 3 nitrogen and oxygen atoms in total. The molecule has 6 aromatic rings. The first kappa shape index (κ1) is 28.8. The van der Waals surface area contributed by atoms with Gasteiger partial charge in [-0.05, 0) is 11.6 Å². The smallest absolute Gasteiger partial charge is 0.178 e. The molecule has 45 heavy (non-hydrogen) atoms. The Kier molecular flexibility index (Phi) is 7.82. The van der Waals surface area contributed by atoms with Gasteiger partial charge in [-0.25, -0.2) is 0 Å². The highest BCUT2D eigenvalue weighted by atomic mass is 31.2. The van der Waals surface area contributed by atoms with Crippen molar-refractivity contribution in [2.45, 2.75) is 0 Å². The SMILES string of the molecule is O=P(C(=C1OC(c2ccccc2)=Cc2ccccc21)P(=O)(c1ccccc1)c1ccccc1)(c1ccccc1)c1ccccc1. The Hall–Kier alpha value is -4.94. The summed E-state index contributed by atoms with van der Waals surface area (Å²) in [6.07, 6.45) is 2.00. The lowest BCUT2D eigenvalue weighted by Gasteiger charge is -2.33. The molecule has 1 aliphatic heterocycles. The molecule has 218 valence electrons. The quantitative estimate of drug-likeness (QED) is 0.168. The summed E-state index contributed by atoms with van der Waals surface area (Å²) in [6.45, 7) is 0. The Labute approximate surface area is 263 Å². The zero-order valence-electron chi connectivity index (χ0n) is 24.4. The van der Waals surface area contributed by atoms with Crippen molar-refractivity contribution in [1.29, 1.82) is 0 Å². The van der Waals surface area contributed by atoms with E-state index in [9.17, 15) is 0 Å². The Bertz CT molecular complexity index is 1920. The molecule has 0 aliphatic carbocycles. The largest absolute Gasteiger partial charge is 0.455 e. The molecule has 0 radical (unpaired) electrons. The maximum absolute atomic E-state index is 16.5. The molecule has 1 aliphatic rings. The maximum Gasteiger partial charge on any atom is 0.178 e. The van der Waals surface area contributed by atoms with Crippen LogP contribution in [0.5, 0.6) is 0 Å². The van der Waals surface area contributed by atoms with E-state index in [1.165, 1.54) is 0 Å². The predicted molar refractivity (Wildman–Crippen MR) is 188 cm³/mol. The minimum Gasteiger partial charge on any atom is -0.455 e. The molecule has 6 aromatic carbocycles. The third kappa shape index (κ3) is 5.15. The zero-order valence-corrected chi connectivity index (χ0v) is 26.2. The van der Waals surface area contributed by atoms with Crippen molar-refractivity contribution in [3.63, 3.8) is 0 Å². The van der Waals surface area contributed by atoms with E-state index >= 15 is 9.13 Å². The molecule has 0 saturated heterocycles. The average molecular weight is 621 g/mol. The fraction of sp³-hybridized carbons (Fsp3) is 0. The van der Waals surface area contributed by atoms with Crippen molar-refractivity contribution in [2.75, 3.05) is 0 Å². The molecule has 0 spiro atoms. The van der Waals surface area contributed by atoms with E-state index in [1.54, 1.807) is 0 Å². The van der Waals surface area contributed by atoms with Crippen LogP contribution in [0.25, 0.3) is 17.6 Å². The molecule has 1 heterocycles. The zero-order chi connectivity index (χ0) is 30.7. The van der Waals surface area contributed by atoms with Crippen molar-refractivity contribution in [1.82, 2.24) is 0 Å². The van der Waals surface area contributed by atoms with Gasteiger partial charge in [0, 0.05) is 32.3 Å². The molecule has 0 saturated carbocycles. The Morgan fingerprint density at radius 1 is 0.422 bits per heavy atom. The van der Waals surface area contributed by atoms with E-state index in [4.69, 9.17) is 4.74 Å². The van der Waals surface area contributed by atoms with Crippen LogP contribution in [0.2, 0.25) is 0 Å². The van der Waals surface area contributed by atoms with Gasteiger partial charge < -0.3 is 13.9 Å². The fourth-order valence-electron chi connectivity index (χ4n) is 5.90. The highest BCUT2D eigenvalue weighted by Crippen LogP contribution is 2.72. The molecule has 0 unspecified atom stereocenters. The van der Waals surface area contributed by atoms with Crippen LogP contribution in [0.3, 0.4) is 0 Å². The molecule has 5 heteroatoms. The lowest BCUT2D eigenvalue weighted by molar-refractivity contribution is 0.469. The minimum absolute atomic E-state index is 0.291. The molecule has 0 bridgehead atoms. The highest BCUT2D eigenvalue weighted by Gasteiger charge is 2.48. The van der Waals surface area contributed by atoms with Crippen molar-refractivity contribution in [2.24, 2.45) is 0 Å². The van der Waals surface area contributed by atoms with Crippen LogP contribution in [-0.2, 0) is 13.9 Å². The molecule has 0 atom stereocenters. The normalized spacial score (nSPS) is 12.9. The second kappa shape index (κ2) is 12.2. The number of hydrogen-bond donors (Lipinski definition) is 0. The van der Waals surface area contributed by atoms with Crippen LogP contribution in [0.4, 0.5) is 0 Å². The average Bonchev–Trinajstić information content (AvgIpc) is 3.13. The van der Waals surface area contributed by atoms with E-state index in [1.807, 2.05) is 182 Å². The molecule has 0 N–H and O–H groups in total. The van der Waals surface area contributed by atoms with E-state index in [0.717, 1.165) is 16.7 Å². The second-order valence-corrected chi connectivity index (χ2v) is 16.5. The van der Waals surface area contributed by atoms with Gasteiger partial charge in [-0.2, -0.15) is 0 Å². The lowest BCUT2D eigenvalue weighted by atomic mass is 10.0. The lowest BCUT2D eigenvalue weighted by Crippen LogP contribution is -2.25. The van der Waals surface area contributed by atoms with Gasteiger partial charge in [-0.3, -0.25) is 0 Å². The molecule has 7 rings (SSSR count). The first-order chi connectivity index (χ1) is 22.1. The van der Waals surface area contributed by atoms with Crippen LogP contribution in [0.15, 0.2) is 181 Å². The Morgan fingerprint density at radius 3 is 1.20 bits per heavy atom. The van der Waals surface area contributed by atoms with Crippen LogP contribution in [0.1, 0.15) is 16.7 Å². The van der Waals surface area contributed by atoms with Crippen LogP contribution in [-0.4, -0.2) is 0 Å². The van der Waals surface area contributed by atoms with E-state index in [0.29, 0.717) is 37.8 Å². The van der Waals surface area contributed by atoms with Gasteiger partial charge >= 0.3 is 0 Å². The summed E-state index contributed by atoms with van der Waals surface area (Å²) < 4.78 is 40.0. The Morgan fingerprint density at radius 2 is 0.778 bits per heavy atom. The summed E-state index contributed by atoms with van der Waals surface area (Å²) in [5, 5.41) is 2.63. The highest BCUT2D eigenvalue weighted by molar-refractivity contribution is 8.00. The van der Waals surface area contributed by atoms with Gasteiger partial charge in [0.2, 0.25) is 0 Å². The maximum atomic E-state index is 16.5. The van der Waals surface area contributed by atoms with Gasteiger partial charge in [0.25, 0.3) is 0 Å². The number of ether oxygens (including phenoxy) is 1. The van der Waals surface area contributed by atoms with Gasteiger partial charge in [0.1, 0.15) is 10.8 Å². The summed E-state index contributed by atoms with van der Waals surface area (Å²) in [7, 11) is -7.73. The summed E-state index contributed by atoms with van der Waals surface area (Å²) in [5.74, 6) is 0.959. The summed E-state index contributed by atoms with van der Waals surface area (Å²) in [5.41, 5.74) is 2.51. The van der Waals surface area contributed by atoms with Crippen molar-refractivity contribution in [3.8, 4) is 0 Å². The topological polar surface area (TPSA) is 43.4 Å². The van der Waals surface area contributed by atoms with E-state index in [2.05, 4.69) is 0 Å². The van der Waals surface area contributed by atoms with Gasteiger partial charge in [-0.15, -0.1) is 0 Å². The molecule has 0 amide bonds. The molecular weight excluding hydrogens is 590 g/mol. The predicted octanol–water partition coefficient (Wildman–Crippen LogP) is 8.87. The van der Waals surface area contributed by atoms with Crippen LogP contribution >= 0.6 is 14.3 Å². The van der Waals surface area contributed by atoms with Gasteiger partial charge in [0.15, 0.2) is 20.0 Å². The third-order valence-corrected chi connectivity index (χ3v) is 15.4. The van der Waals surface area contributed by atoms with Crippen molar-refractivity contribution in [3.05, 3.63) is 198 Å². The second-order valence-electron chi connectivity index (χ2n) is 10.8. The minimum atomic E-state index is -3.86. The van der Waals surface area contributed by atoms with Crippen LogP contribution in [0, 0.1) is 0 Å². The van der Waals surface area contributed by atoms with E-state index < -0.39 is 14.3 Å². The van der Waals surface area contributed by atoms with Crippen LogP contribution < -0.4 is 21.2 Å². The van der Waals surface area contributed by atoms with Crippen molar-refractivity contribution >= 4 is 53.1 Å². The monoisotopic (exact) mass is 620 g/mol. The molecular formula is C40H30O3P2. The first-order valence-corrected chi connectivity index (χ1v) is 18.2. The first-order valence-electron chi connectivity index (χ1n) is 14.8. The number of hydrogen-bond acceptors (Lipinski definition) is 3. The summed E-state index contributed by atoms with van der Waals surface area (Å²) in [6, 6.07) is 55.4.